The lowest BCUT2D eigenvalue weighted by molar-refractivity contribution is 0.0466. The first kappa shape index (κ1) is 29.4. The van der Waals surface area contributed by atoms with Crippen LogP contribution in [0.1, 0.15) is 43.8 Å². The SMILES string of the molecule is CCCO[C@@H](c1ncc(C)cn1)[C@H](C)S(=O)(=O)Nc1nnc(-c2cccc(OC)n2)n1C(COC)COC. The van der Waals surface area contributed by atoms with Crippen LogP contribution in [0.4, 0.5) is 5.95 Å². The zero-order valence-electron chi connectivity index (χ0n) is 22.5. The first-order chi connectivity index (χ1) is 18.2. The van der Waals surface area contributed by atoms with Gasteiger partial charge in [0.1, 0.15) is 17.0 Å². The highest BCUT2D eigenvalue weighted by atomic mass is 32.2. The average Bonchev–Trinajstić information content (AvgIpc) is 3.32. The molecule has 0 aromatic carbocycles. The Hall–Kier alpha value is -3.20. The number of pyridine rings is 1. The summed E-state index contributed by atoms with van der Waals surface area (Å²) in [6.07, 6.45) is 3.05. The molecule has 13 nitrogen and oxygen atoms in total. The van der Waals surface area contributed by atoms with Crippen LogP contribution in [0.5, 0.6) is 5.88 Å². The Morgan fingerprint density at radius 3 is 2.34 bits per heavy atom. The lowest BCUT2D eigenvalue weighted by Crippen LogP contribution is -2.35. The fourth-order valence-corrected chi connectivity index (χ4v) is 4.82. The second-order valence-corrected chi connectivity index (χ2v) is 10.6. The summed E-state index contributed by atoms with van der Waals surface area (Å²) in [6, 6.07) is 4.71. The molecule has 3 aromatic rings. The maximum Gasteiger partial charge on any atom is 0.240 e. The predicted octanol–water partition coefficient (Wildman–Crippen LogP) is 2.58. The minimum atomic E-state index is -4.07. The van der Waals surface area contributed by atoms with E-state index in [1.165, 1.54) is 7.11 Å². The van der Waals surface area contributed by atoms with Crippen LogP contribution in [-0.4, -0.2) is 84.5 Å². The fraction of sp³-hybridized carbons (Fsp3) is 0.542. The maximum absolute atomic E-state index is 13.7. The van der Waals surface area contributed by atoms with Gasteiger partial charge in [-0.05, 0) is 31.9 Å². The number of methoxy groups -OCH3 is 3. The van der Waals surface area contributed by atoms with Gasteiger partial charge in [-0.2, -0.15) is 0 Å². The standard InChI is InChI=1S/C24H35N7O6S/c1-7-11-37-21(22-25-12-16(2)13-26-22)17(3)38(32,33)30-24-29-28-23(19-9-8-10-20(27-19)36-6)31(24)18(14-34-4)15-35-5/h8-10,12-13,17-18,21H,7,11,14-15H2,1-6H3,(H,29,30)/t17-,21+/m0/s1. The zero-order valence-corrected chi connectivity index (χ0v) is 23.3. The average molecular weight is 550 g/mol. The molecule has 0 fully saturated rings. The molecule has 0 saturated carbocycles. The highest BCUT2D eigenvalue weighted by molar-refractivity contribution is 7.93. The summed E-state index contributed by atoms with van der Waals surface area (Å²) in [5, 5.41) is 7.35. The minimum absolute atomic E-state index is 0.0189. The fourth-order valence-electron chi connectivity index (χ4n) is 3.71. The van der Waals surface area contributed by atoms with Gasteiger partial charge in [0.15, 0.2) is 11.6 Å². The van der Waals surface area contributed by atoms with E-state index in [9.17, 15) is 8.42 Å². The van der Waals surface area contributed by atoms with Gasteiger partial charge in [0.05, 0.1) is 26.4 Å². The van der Waals surface area contributed by atoms with Gasteiger partial charge in [0.25, 0.3) is 0 Å². The number of sulfonamides is 1. The Kier molecular flexibility index (Phi) is 10.5. The Labute approximate surface area is 223 Å². The third-order valence-electron chi connectivity index (χ3n) is 5.65. The summed E-state index contributed by atoms with van der Waals surface area (Å²) in [6.45, 7) is 6.07. The largest absolute Gasteiger partial charge is 0.481 e. The Morgan fingerprint density at radius 2 is 1.74 bits per heavy atom. The van der Waals surface area contributed by atoms with Crippen molar-refractivity contribution in [3.63, 3.8) is 0 Å². The van der Waals surface area contributed by atoms with E-state index < -0.39 is 27.4 Å². The second-order valence-electron chi connectivity index (χ2n) is 8.61. The van der Waals surface area contributed by atoms with E-state index in [1.54, 1.807) is 56.3 Å². The molecule has 0 saturated heterocycles. The van der Waals surface area contributed by atoms with Gasteiger partial charge >= 0.3 is 0 Å². The first-order valence-corrected chi connectivity index (χ1v) is 13.7. The zero-order chi connectivity index (χ0) is 27.7. The molecule has 14 heteroatoms. The van der Waals surface area contributed by atoms with E-state index in [4.69, 9.17) is 18.9 Å². The van der Waals surface area contributed by atoms with Crippen molar-refractivity contribution in [2.45, 2.75) is 44.6 Å². The number of aryl methyl sites for hydroxylation is 1. The summed E-state index contributed by atoms with van der Waals surface area (Å²) in [4.78, 5) is 13.1. The molecule has 3 rings (SSSR count). The lowest BCUT2D eigenvalue weighted by Gasteiger charge is -2.25. The van der Waals surface area contributed by atoms with Crippen molar-refractivity contribution in [1.29, 1.82) is 0 Å². The molecular formula is C24H35N7O6S. The van der Waals surface area contributed by atoms with Gasteiger partial charge in [-0.25, -0.2) is 23.4 Å². The molecule has 0 aliphatic rings. The van der Waals surface area contributed by atoms with Crippen molar-refractivity contribution in [2.24, 2.45) is 0 Å². The van der Waals surface area contributed by atoms with Gasteiger partial charge in [0.2, 0.25) is 21.9 Å². The number of ether oxygens (including phenoxy) is 4. The maximum atomic E-state index is 13.7. The van der Waals surface area contributed by atoms with Crippen LogP contribution < -0.4 is 9.46 Å². The summed E-state index contributed by atoms with van der Waals surface area (Å²) in [7, 11) is 0.514. The van der Waals surface area contributed by atoms with Gasteiger partial charge in [-0.15, -0.1) is 10.2 Å². The molecule has 208 valence electrons. The van der Waals surface area contributed by atoms with Crippen LogP contribution >= 0.6 is 0 Å². The molecule has 0 aliphatic carbocycles. The number of rotatable bonds is 15. The molecular weight excluding hydrogens is 514 g/mol. The Morgan fingerprint density at radius 1 is 1.05 bits per heavy atom. The van der Waals surface area contributed by atoms with Crippen LogP contribution in [0.3, 0.4) is 0 Å². The van der Waals surface area contributed by atoms with Crippen LogP contribution in [0, 0.1) is 6.92 Å². The summed E-state index contributed by atoms with van der Waals surface area (Å²) >= 11 is 0. The lowest BCUT2D eigenvalue weighted by atomic mass is 10.2. The number of hydrogen-bond acceptors (Lipinski definition) is 11. The van der Waals surface area contributed by atoms with Crippen molar-refractivity contribution in [1.82, 2.24) is 29.7 Å². The molecule has 38 heavy (non-hydrogen) atoms. The quantitative estimate of drug-likeness (QED) is 0.298. The predicted molar refractivity (Wildman–Crippen MR) is 140 cm³/mol. The molecule has 3 aromatic heterocycles. The van der Waals surface area contributed by atoms with E-state index in [1.807, 2.05) is 13.8 Å². The highest BCUT2D eigenvalue weighted by Gasteiger charge is 2.35. The molecule has 0 spiro atoms. The molecule has 0 aliphatic heterocycles. The smallest absolute Gasteiger partial charge is 0.240 e. The number of hydrogen-bond donors (Lipinski definition) is 1. The van der Waals surface area contributed by atoms with Crippen LogP contribution in [-0.2, 0) is 24.2 Å². The van der Waals surface area contributed by atoms with Crippen molar-refractivity contribution < 1.29 is 27.4 Å². The van der Waals surface area contributed by atoms with E-state index >= 15 is 0 Å². The second kappa shape index (κ2) is 13.6. The van der Waals surface area contributed by atoms with E-state index in [-0.39, 0.29) is 25.0 Å². The van der Waals surface area contributed by atoms with Gasteiger partial charge < -0.3 is 18.9 Å². The van der Waals surface area contributed by atoms with Crippen molar-refractivity contribution >= 4 is 16.0 Å². The summed E-state index contributed by atoms with van der Waals surface area (Å²) in [5.41, 5.74) is 1.29. The third-order valence-corrected chi connectivity index (χ3v) is 7.34. The molecule has 2 atom stereocenters. The topological polar surface area (TPSA) is 152 Å². The highest BCUT2D eigenvalue weighted by Crippen LogP contribution is 2.29. The van der Waals surface area contributed by atoms with Crippen LogP contribution in [0.2, 0.25) is 0 Å². The summed E-state index contributed by atoms with van der Waals surface area (Å²) < 4.78 is 53.4. The van der Waals surface area contributed by atoms with Crippen molar-refractivity contribution in [3.8, 4) is 17.4 Å². The molecule has 0 bridgehead atoms. The van der Waals surface area contributed by atoms with Crippen molar-refractivity contribution in [2.75, 3.05) is 45.9 Å². The minimum Gasteiger partial charge on any atom is -0.481 e. The van der Waals surface area contributed by atoms with E-state index in [0.717, 1.165) is 5.56 Å². The number of anilines is 1. The normalized spacial score (nSPS) is 13.4. The molecule has 1 N–H and O–H groups in total. The van der Waals surface area contributed by atoms with Gasteiger partial charge in [-0.3, -0.25) is 9.29 Å². The Balaban J connectivity index is 2.03. The van der Waals surface area contributed by atoms with Gasteiger partial charge in [-0.1, -0.05) is 13.0 Å². The molecule has 0 radical (unpaired) electrons. The third kappa shape index (κ3) is 7.01. The van der Waals surface area contributed by atoms with E-state index in [2.05, 4.69) is 29.9 Å². The number of nitrogens with zero attached hydrogens (tertiary/aromatic N) is 6. The molecule has 3 heterocycles. The molecule has 0 amide bonds. The molecule has 0 unspecified atom stereocenters. The Bertz CT molecular complexity index is 1260. The van der Waals surface area contributed by atoms with Crippen molar-refractivity contribution in [3.05, 3.63) is 42.0 Å². The summed E-state index contributed by atoms with van der Waals surface area (Å²) in [5.74, 6) is 0.946. The number of nitrogens with one attached hydrogen (secondary N) is 1. The first-order valence-electron chi connectivity index (χ1n) is 12.1. The van der Waals surface area contributed by atoms with Crippen LogP contribution in [0.15, 0.2) is 30.6 Å². The van der Waals surface area contributed by atoms with Crippen LogP contribution in [0.25, 0.3) is 11.5 Å². The van der Waals surface area contributed by atoms with Gasteiger partial charge in [0, 0.05) is 39.3 Å². The van der Waals surface area contributed by atoms with E-state index in [0.29, 0.717) is 30.4 Å². The number of aromatic nitrogens is 6. The monoisotopic (exact) mass is 549 g/mol.